The van der Waals surface area contributed by atoms with Crippen LogP contribution in [-0.4, -0.2) is 40.1 Å². The maximum absolute atomic E-state index is 16.5. The lowest BCUT2D eigenvalue weighted by molar-refractivity contribution is -0.0532. The topological polar surface area (TPSA) is 97.6 Å². The van der Waals surface area contributed by atoms with Gasteiger partial charge in [0.2, 0.25) is 5.88 Å². The molecule has 2 N–H and O–H groups in total. The first-order valence-corrected chi connectivity index (χ1v) is 13.7. The van der Waals surface area contributed by atoms with E-state index in [9.17, 15) is 22.8 Å². The highest BCUT2D eigenvalue weighted by Crippen LogP contribution is 2.46. The molecule has 1 aliphatic carbocycles. The van der Waals surface area contributed by atoms with E-state index >= 15 is 4.39 Å². The molecule has 5 aromatic rings. The number of aryl methyl sites for hydroxylation is 1. The van der Waals surface area contributed by atoms with Gasteiger partial charge in [-0.15, -0.1) is 0 Å². The van der Waals surface area contributed by atoms with Gasteiger partial charge in [0, 0.05) is 35.6 Å². The van der Waals surface area contributed by atoms with E-state index in [1.807, 2.05) is 30.3 Å². The Hall–Kier alpha value is -5.26. The molecule has 8 nitrogen and oxygen atoms in total. The van der Waals surface area contributed by atoms with Gasteiger partial charge in [-0.1, -0.05) is 30.3 Å². The van der Waals surface area contributed by atoms with Crippen molar-refractivity contribution < 1.29 is 31.9 Å². The summed E-state index contributed by atoms with van der Waals surface area (Å²) in [5.41, 5.74) is 0.267. The molecule has 0 radical (unpaired) electrons. The number of benzene rings is 2. The molecule has 12 heteroatoms. The van der Waals surface area contributed by atoms with Crippen LogP contribution in [0.1, 0.15) is 44.8 Å². The van der Waals surface area contributed by atoms with Crippen LogP contribution in [-0.2, 0) is 5.54 Å². The zero-order valence-electron chi connectivity index (χ0n) is 23.5. The van der Waals surface area contributed by atoms with Crippen molar-refractivity contribution in [2.24, 2.45) is 0 Å². The van der Waals surface area contributed by atoms with Crippen molar-refractivity contribution in [2.45, 2.75) is 31.9 Å². The summed E-state index contributed by atoms with van der Waals surface area (Å²) in [6.45, 7) is -1.80. The molecule has 1 aliphatic rings. The van der Waals surface area contributed by atoms with Gasteiger partial charge in [0.1, 0.15) is 22.6 Å². The van der Waals surface area contributed by atoms with E-state index in [1.165, 1.54) is 61.1 Å². The Morgan fingerprint density at radius 1 is 0.977 bits per heavy atom. The van der Waals surface area contributed by atoms with Gasteiger partial charge >= 0.3 is 6.61 Å². The van der Waals surface area contributed by atoms with Crippen LogP contribution in [0, 0.1) is 18.6 Å². The predicted octanol–water partition coefficient (Wildman–Crippen LogP) is 6.03. The Morgan fingerprint density at radius 3 is 2.32 bits per heavy atom. The molecule has 0 aliphatic heterocycles. The van der Waals surface area contributed by atoms with Gasteiger partial charge in [0.25, 0.3) is 11.8 Å². The average molecular weight is 604 g/mol. The van der Waals surface area contributed by atoms with Crippen molar-refractivity contribution in [1.29, 1.82) is 0 Å². The van der Waals surface area contributed by atoms with Crippen molar-refractivity contribution >= 4 is 17.3 Å². The molecule has 2 amide bonds. The van der Waals surface area contributed by atoms with Gasteiger partial charge in [-0.3, -0.25) is 9.59 Å². The summed E-state index contributed by atoms with van der Waals surface area (Å²) in [6.07, 6.45) is 2.71. The number of ether oxygens (including phenoxy) is 1. The summed E-state index contributed by atoms with van der Waals surface area (Å²) < 4.78 is 62.6. The number of alkyl halides is 2. The van der Waals surface area contributed by atoms with E-state index in [-0.39, 0.29) is 39.2 Å². The van der Waals surface area contributed by atoms with Gasteiger partial charge < -0.3 is 15.4 Å². The molecule has 2 aromatic carbocycles. The number of halogens is 4. The first-order valence-electron chi connectivity index (χ1n) is 13.7. The molecule has 0 spiro atoms. The Labute approximate surface area is 248 Å². The minimum atomic E-state index is -3.26. The second kappa shape index (κ2) is 11.1. The lowest BCUT2D eigenvalue weighted by Gasteiger charge is -2.20. The Bertz CT molecular complexity index is 1910. The summed E-state index contributed by atoms with van der Waals surface area (Å²) >= 11 is 0. The van der Waals surface area contributed by atoms with E-state index in [1.54, 1.807) is 0 Å². The molecule has 0 saturated heterocycles. The molecular weight excluding hydrogens is 578 g/mol. The molecule has 1 saturated carbocycles. The molecule has 0 bridgehead atoms. The van der Waals surface area contributed by atoms with Gasteiger partial charge in [0.05, 0.1) is 11.1 Å². The highest BCUT2D eigenvalue weighted by molar-refractivity contribution is 6.07. The van der Waals surface area contributed by atoms with Gasteiger partial charge in [-0.05, 0) is 61.7 Å². The standard InChI is InChI=1S/C32H25F4N5O3/c1-17-22(16-23(30(38-17)44-31(35)36)28(42)39-32(13-14-32)19-6-4-3-5-7-19)21-12-15-41-27(25(21)34)24(29(43)37-2)26(40-41)18-8-10-20(33)11-9-18/h3-12,15-16,31H,13-14H2,1-2H3,(H,37,43)(H,39,42). The second-order valence-corrected chi connectivity index (χ2v) is 10.4. The van der Waals surface area contributed by atoms with Gasteiger partial charge in [-0.25, -0.2) is 18.3 Å². The number of carbonyl (C=O) groups is 2. The van der Waals surface area contributed by atoms with Crippen molar-refractivity contribution in [1.82, 2.24) is 25.2 Å². The Balaban J connectivity index is 1.48. The third-order valence-corrected chi connectivity index (χ3v) is 7.65. The molecule has 44 heavy (non-hydrogen) atoms. The number of aromatic nitrogens is 3. The van der Waals surface area contributed by atoms with Crippen molar-refractivity contribution in [2.75, 3.05) is 7.05 Å². The first-order chi connectivity index (χ1) is 21.1. The number of hydrogen-bond donors (Lipinski definition) is 2. The van der Waals surface area contributed by atoms with Crippen LogP contribution in [0.25, 0.3) is 27.9 Å². The van der Waals surface area contributed by atoms with Crippen LogP contribution < -0.4 is 15.4 Å². The zero-order valence-corrected chi connectivity index (χ0v) is 23.5. The fourth-order valence-corrected chi connectivity index (χ4v) is 5.30. The quantitative estimate of drug-likeness (QED) is 0.211. The molecule has 3 aromatic heterocycles. The number of rotatable bonds is 8. The van der Waals surface area contributed by atoms with Gasteiger partial charge in [-0.2, -0.15) is 13.9 Å². The van der Waals surface area contributed by atoms with Crippen LogP contribution in [0.4, 0.5) is 17.6 Å². The molecule has 0 atom stereocenters. The highest BCUT2D eigenvalue weighted by Gasteiger charge is 2.46. The van der Waals surface area contributed by atoms with Gasteiger partial charge in [0.15, 0.2) is 5.82 Å². The minimum absolute atomic E-state index is 0.0555. The van der Waals surface area contributed by atoms with E-state index in [0.717, 1.165) is 5.56 Å². The molecular formula is C32H25F4N5O3. The monoisotopic (exact) mass is 603 g/mol. The normalized spacial score (nSPS) is 13.6. The van der Waals surface area contributed by atoms with Crippen LogP contribution in [0.5, 0.6) is 5.88 Å². The number of amides is 2. The zero-order chi connectivity index (χ0) is 31.2. The SMILES string of the molecule is CNC(=O)c1c(-c2ccc(F)cc2)nn2ccc(-c3cc(C(=O)NC4(c5ccccc5)CC4)c(OC(F)F)nc3C)c(F)c12. The summed E-state index contributed by atoms with van der Waals surface area (Å²) in [5.74, 6) is -3.31. The third-order valence-electron chi connectivity index (χ3n) is 7.65. The largest absolute Gasteiger partial charge is 0.416 e. The van der Waals surface area contributed by atoms with Crippen LogP contribution in [0.3, 0.4) is 0 Å². The molecule has 1 fully saturated rings. The van der Waals surface area contributed by atoms with Crippen LogP contribution in [0.2, 0.25) is 0 Å². The highest BCUT2D eigenvalue weighted by atomic mass is 19.3. The molecule has 6 rings (SSSR count). The van der Waals surface area contributed by atoms with Crippen molar-refractivity contribution in [3.8, 4) is 28.3 Å². The molecule has 0 unspecified atom stereocenters. The maximum atomic E-state index is 16.5. The first kappa shape index (κ1) is 28.8. The lowest BCUT2D eigenvalue weighted by Crippen LogP contribution is -2.35. The Morgan fingerprint density at radius 2 is 1.68 bits per heavy atom. The molecule has 3 heterocycles. The average Bonchev–Trinajstić information content (AvgIpc) is 3.68. The number of carbonyl (C=O) groups excluding carboxylic acids is 2. The molecule has 224 valence electrons. The minimum Gasteiger partial charge on any atom is -0.416 e. The van der Waals surface area contributed by atoms with E-state index in [4.69, 9.17) is 0 Å². The number of hydrogen-bond acceptors (Lipinski definition) is 5. The van der Waals surface area contributed by atoms with Crippen molar-refractivity contribution in [3.05, 3.63) is 107 Å². The Kier molecular flexibility index (Phi) is 7.28. The number of nitrogens with one attached hydrogen (secondary N) is 2. The summed E-state index contributed by atoms with van der Waals surface area (Å²) in [5, 5.41) is 9.78. The van der Waals surface area contributed by atoms with E-state index in [0.29, 0.717) is 18.4 Å². The number of nitrogens with zero attached hydrogens (tertiary/aromatic N) is 3. The fraction of sp³-hybridized carbons (Fsp3) is 0.188. The fourth-order valence-electron chi connectivity index (χ4n) is 5.30. The third kappa shape index (κ3) is 5.12. The van der Waals surface area contributed by atoms with Crippen LogP contribution >= 0.6 is 0 Å². The summed E-state index contributed by atoms with van der Waals surface area (Å²) in [6, 6.07) is 17.1. The smallest absolute Gasteiger partial charge is 0.388 e. The maximum Gasteiger partial charge on any atom is 0.388 e. The summed E-state index contributed by atoms with van der Waals surface area (Å²) in [4.78, 5) is 30.7. The predicted molar refractivity (Wildman–Crippen MR) is 153 cm³/mol. The summed E-state index contributed by atoms with van der Waals surface area (Å²) in [7, 11) is 1.38. The lowest BCUT2D eigenvalue weighted by atomic mass is 9.99. The van der Waals surface area contributed by atoms with Crippen LogP contribution in [0.15, 0.2) is 72.9 Å². The van der Waals surface area contributed by atoms with E-state index in [2.05, 4.69) is 25.5 Å². The van der Waals surface area contributed by atoms with Crippen molar-refractivity contribution in [3.63, 3.8) is 0 Å². The van der Waals surface area contributed by atoms with E-state index < -0.39 is 41.5 Å². The number of pyridine rings is 2. The second-order valence-electron chi connectivity index (χ2n) is 10.4. The number of fused-ring (bicyclic) bond motifs is 1.